The molecule has 7 aromatic carbocycles. The molecular weight excluding hydrogens is 569 g/mol. The molecule has 0 N–H and O–H groups in total. The molecule has 1 aromatic heterocycles. The molecule has 47 heavy (non-hydrogen) atoms. The lowest BCUT2D eigenvalue weighted by Gasteiger charge is -2.34. The van der Waals surface area contributed by atoms with E-state index in [1.54, 1.807) is 12.3 Å². The van der Waals surface area contributed by atoms with Crippen LogP contribution in [0, 0.1) is 11.3 Å². The van der Waals surface area contributed by atoms with E-state index in [1.807, 2.05) is 6.07 Å². The zero-order chi connectivity index (χ0) is 31.4. The van der Waals surface area contributed by atoms with Crippen molar-refractivity contribution < 1.29 is 0 Å². The van der Waals surface area contributed by atoms with Crippen molar-refractivity contribution in [3.05, 3.63) is 198 Å². The molecule has 1 aliphatic rings. The molecule has 0 aliphatic heterocycles. The van der Waals surface area contributed by atoms with E-state index in [9.17, 15) is 5.26 Å². The molecule has 0 spiro atoms. The number of hydrogen-bond acceptors (Lipinski definition) is 2. The summed E-state index contributed by atoms with van der Waals surface area (Å²) >= 11 is 0. The Balaban J connectivity index is 1.39. The van der Waals surface area contributed by atoms with Gasteiger partial charge in [0, 0.05) is 11.8 Å². The summed E-state index contributed by atoms with van der Waals surface area (Å²) in [7, 11) is 0. The second-order valence-corrected chi connectivity index (χ2v) is 12.2. The third-order valence-electron chi connectivity index (χ3n) is 9.83. The van der Waals surface area contributed by atoms with Crippen LogP contribution in [0.15, 0.2) is 170 Å². The van der Waals surface area contributed by atoms with Crippen LogP contribution < -0.4 is 0 Å². The molecule has 0 atom stereocenters. The first-order chi connectivity index (χ1) is 23.3. The van der Waals surface area contributed by atoms with Crippen molar-refractivity contribution >= 4 is 21.5 Å². The van der Waals surface area contributed by atoms with Crippen LogP contribution in [0.5, 0.6) is 0 Å². The summed E-state index contributed by atoms with van der Waals surface area (Å²) in [5.74, 6) is 0. The molecular formula is C45H28N2. The average molecular weight is 597 g/mol. The van der Waals surface area contributed by atoms with E-state index in [1.165, 1.54) is 60.5 Å². The van der Waals surface area contributed by atoms with Gasteiger partial charge in [-0.2, -0.15) is 5.26 Å². The van der Waals surface area contributed by atoms with E-state index in [4.69, 9.17) is 0 Å². The Hall–Kier alpha value is -6.30. The Labute approximate surface area is 273 Å². The van der Waals surface area contributed by atoms with Crippen LogP contribution in [-0.2, 0) is 5.41 Å². The molecule has 2 heteroatoms. The Morgan fingerprint density at radius 1 is 0.489 bits per heavy atom. The highest BCUT2D eigenvalue weighted by atomic mass is 14.7. The largest absolute Gasteiger partial charge is 0.256 e. The molecule has 0 radical (unpaired) electrons. The fraction of sp³-hybridized carbons (Fsp3) is 0.0222. The summed E-state index contributed by atoms with van der Waals surface area (Å²) in [6.45, 7) is 0. The van der Waals surface area contributed by atoms with Crippen molar-refractivity contribution in [2.24, 2.45) is 0 Å². The van der Waals surface area contributed by atoms with Crippen LogP contribution in [0.2, 0.25) is 0 Å². The lowest BCUT2D eigenvalue weighted by molar-refractivity contribution is 0.770. The van der Waals surface area contributed by atoms with Crippen LogP contribution in [0.3, 0.4) is 0 Å². The topological polar surface area (TPSA) is 36.7 Å². The van der Waals surface area contributed by atoms with Gasteiger partial charge >= 0.3 is 0 Å². The van der Waals surface area contributed by atoms with Crippen LogP contribution in [0.4, 0.5) is 0 Å². The number of pyridine rings is 1. The summed E-state index contributed by atoms with van der Waals surface area (Å²) < 4.78 is 0. The van der Waals surface area contributed by atoms with E-state index < -0.39 is 5.41 Å². The lowest BCUT2D eigenvalue weighted by atomic mass is 9.67. The van der Waals surface area contributed by atoms with Gasteiger partial charge < -0.3 is 0 Å². The van der Waals surface area contributed by atoms with E-state index in [2.05, 4.69) is 163 Å². The fourth-order valence-electron chi connectivity index (χ4n) is 7.82. The summed E-state index contributed by atoms with van der Waals surface area (Å²) in [5.41, 5.74) is 11.9. The second kappa shape index (κ2) is 10.7. The van der Waals surface area contributed by atoms with Gasteiger partial charge in [0.2, 0.25) is 0 Å². The van der Waals surface area contributed by atoms with Crippen molar-refractivity contribution in [2.75, 3.05) is 0 Å². The smallest absolute Gasteiger partial charge is 0.0992 e. The number of hydrogen-bond donors (Lipinski definition) is 0. The number of fused-ring (bicyclic) bond motifs is 7. The first-order valence-corrected chi connectivity index (χ1v) is 15.9. The van der Waals surface area contributed by atoms with Crippen molar-refractivity contribution in [1.29, 1.82) is 5.26 Å². The minimum absolute atomic E-state index is 0.516. The van der Waals surface area contributed by atoms with Crippen LogP contribution in [-0.4, -0.2) is 4.98 Å². The van der Waals surface area contributed by atoms with Gasteiger partial charge in [0.05, 0.1) is 22.7 Å². The molecule has 9 rings (SSSR count). The number of benzene rings is 7. The number of rotatable bonds is 4. The quantitative estimate of drug-likeness (QED) is 0.203. The van der Waals surface area contributed by atoms with Crippen LogP contribution in [0.1, 0.15) is 27.8 Å². The van der Waals surface area contributed by atoms with Crippen molar-refractivity contribution in [3.63, 3.8) is 0 Å². The van der Waals surface area contributed by atoms with Gasteiger partial charge in [0.1, 0.15) is 0 Å². The maximum atomic E-state index is 9.43. The molecule has 0 saturated carbocycles. The summed E-state index contributed by atoms with van der Waals surface area (Å²) in [6, 6.07) is 61.2. The third kappa shape index (κ3) is 4.00. The fourth-order valence-corrected chi connectivity index (χ4v) is 7.82. The first-order valence-electron chi connectivity index (χ1n) is 15.9. The van der Waals surface area contributed by atoms with Gasteiger partial charge in [0.25, 0.3) is 0 Å². The zero-order valence-electron chi connectivity index (χ0n) is 25.6. The lowest BCUT2D eigenvalue weighted by Crippen LogP contribution is -2.28. The Morgan fingerprint density at radius 3 is 1.79 bits per heavy atom. The molecule has 218 valence electrons. The maximum Gasteiger partial charge on any atom is 0.0992 e. The number of aromatic nitrogens is 1. The molecule has 0 unspecified atom stereocenters. The minimum Gasteiger partial charge on any atom is -0.256 e. The molecule has 0 saturated heterocycles. The van der Waals surface area contributed by atoms with Gasteiger partial charge in [-0.1, -0.05) is 146 Å². The summed E-state index contributed by atoms with van der Waals surface area (Å²) in [6.07, 6.45) is 1.70. The molecule has 0 bridgehead atoms. The molecule has 8 aromatic rings. The molecule has 0 amide bonds. The average Bonchev–Trinajstić information content (AvgIpc) is 3.47. The molecule has 2 nitrogen and oxygen atoms in total. The maximum absolute atomic E-state index is 9.43. The van der Waals surface area contributed by atoms with Gasteiger partial charge in [0.15, 0.2) is 0 Å². The van der Waals surface area contributed by atoms with E-state index in [0.29, 0.717) is 5.56 Å². The van der Waals surface area contributed by atoms with Crippen LogP contribution >= 0.6 is 0 Å². The highest BCUT2D eigenvalue weighted by Gasteiger charge is 2.47. The van der Waals surface area contributed by atoms with E-state index in [-0.39, 0.29) is 0 Å². The SMILES string of the molecule is N#Cc1ccnc(-c2ccc(-c3cc4c(c5ccccc35)-c3c(ccc5ccccc35)C4(c3ccccc3)c3ccccc3)cc2)c1. The Morgan fingerprint density at radius 2 is 1.09 bits per heavy atom. The highest BCUT2D eigenvalue weighted by Crippen LogP contribution is 2.60. The summed E-state index contributed by atoms with van der Waals surface area (Å²) in [4.78, 5) is 4.54. The van der Waals surface area contributed by atoms with Gasteiger partial charge in [-0.3, -0.25) is 4.98 Å². The normalized spacial score (nSPS) is 12.8. The third-order valence-corrected chi connectivity index (χ3v) is 9.83. The Kier molecular flexibility index (Phi) is 6.13. The Bertz CT molecular complexity index is 2470. The molecule has 1 heterocycles. The van der Waals surface area contributed by atoms with E-state index >= 15 is 0 Å². The minimum atomic E-state index is -0.516. The van der Waals surface area contributed by atoms with Gasteiger partial charge in [-0.25, -0.2) is 0 Å². The van der Waals surface area contributed by atoms with Gasteiger partial charge in [-0.15, -0.1) is 0 Å². The van der Waals surface area contributed by atoms with Crippen molar-refractivity contribution in [1.82, 2.24) is 4.98 Å². The highest BCUT2D eigenvalue weighted by molar-refractivity contribution is 6.15. The van der Waals surface area contributed by atoms with Gasteiger partial charge in [-0.05, 0) is 84.3 Å². The van der Waals surface area contributed by atoms with Crippen molar-refractivity contribution in [3.8, 4) is 39.6 Å². The van der Waals surface area contributed by atoms with Crippen molar-refractivity contribution in [2.45, 2.75) is 5.41 Å². The first kappa shape index (κ1) is 27.0. The van der Waals surface area contributed by atoms with Crippen LogP contribution in [0.25, 0.3) is 55.1 Å². The number of nitrogens with zero attached hydrogens (tertiary/aromatic N) is 2. The second-order valence-electron chi connectivity index (χ2n) is 12.2. The molecule has 1 aliphatic carbocycles. The molecule has 0 fully saturated rings. The monoisotopic (exact) mass is 596 g/mol. The predicted octanol–water partition coefficient (Wildman–Crippen LogP) is 11.0. The zero-order valence-corrected chi connectivity index (χ0v) is 25.6. The number of nitriles is 1. The summed E-state index contributed by atoms with van der Waals surface area (Å²) in [5, 5.41) is 14.4. The standard InChI is InChI=1S/C45H28N2/c46-29-30-25-26-47-42(27-30)33-21-19-32(20-22-33)39-28-41-44(38-18-10-9-17-37(38)39)43-36-16-8-7-11-31(36)23-24-40(43)45(41,34-12-3-1-4-13-34)35-14-5-2-6-15-35/h1-28H. The van der Waals surface area contributed by atoms with E-state index in [0.717, 1.165) is 16.8 Å². The predicted molar refractivity (Wildman–Crippen MR) is 192 cm³/mol.